The summed E-state index contributed by atoms with van der Waals surface area (Å²) >= 11 is 0. The van der Waals surface area contributed by atoms with Gasteiger partial charge in [-0.05, 0) is 48.6 Å². The Hall–Kier alpha value is -1.80. The molecule has 2 unspecified atom stereocenters. The lowest BCUT2D eigenvalue weighted by molar-refractivity contribution is 0.156. The molecule has 2 nitrogen and oxygen atoms in total. The number of anilines is 1. The molecule has 98 valence electrons. The van der Waals surface area contributed by atoms with Crippen LogP contribution in [0.3, 0.4) is 0 Å². The van der Waals surface area contributed by atoms with E-state index in [0.29, 0.717) is 0 Å². The first-order valence-electron chi connectivity index (χ1n) is 6.75. The Labute approximate surface area is 114 Å². The maximum Gasteiger partial charge on any atom is 0.0994 e. The third-order valence-corrected chi connectivity index (χ3v) is 4.05. The molecule has 2 aromatic rings. The van der Waals surface area contributed by atoms with Gasteiger partial charge in [0.1, 0.15) is 0 Å². The molecule has 0 fully saturated rings. The van der Waals surface area contributed by atoms with E-state index in [1.807, 2.05) is 18.2 Å². The van der Waals surface area contributed by atoms with Gasteiger partial charge in [-0.3, -0.25) is 0 Å². The van der Waals surface area contributed by atoms with Crippen LogP contribution in [0.2, 0.25) is 0 Å². The number of benzene rings is 2. The van der Waals surface area contributed by atoms with Gasteiger partial charge in [-0.25, -0.2) is 0 Å². The van der Waals surface area contributed by atoms with Gasteiger partial charge in [-0.2, -0.15) is 0 Å². The fourth-order valence-electron chi connectivity index (χ4n) is 2.70. The molecular weight excluding hydrogens is 234 g/mol. The summed E-state index contributed by atoms with van der Waals surface area (Å²) in [6.45, 7) is 4.18. The Morgan fingerprint density at radius 2 is 1.89 bits per heavy atom. The van der Waals surface area contributed by atoms with Crippen molar-refractivity contribution < 1.29 is 5.11 Å². The number of aliphatic hydroxyl groups is 1. The normalized spacial score (nSPS) is 18.8. The highest BCUT2D eigenvalue weighted by molar-refractivity contribution is 5.57. The zero-order valence-corrected chi connectivity index (χ0v) is 11.4. The summed E-state index contributed by atoms with van der Waals surface area (Å²) < 4.78 is 0. The van der Waals surface area contributed by atoms with E-state index in [1.165, 1.54) is 16.7 Å². The van der Waals surface area contributed by atoms with Gasteiger partial charge >= 0.3 is 0 Å². The van der Waals surface area contributed by atoms with Crippen LogP contribution < -0.4 is 5.32 Å². The van der Waals surface area contributed by atoms with Gasteiger partial charge in [0.05, 0.1) is 12.1 Å². The molecular formula is C17H19NO. The van der Waals surface area contributed by atoms with Crippen LogP contribution in [-0.2, 0) is 6.42 Å². The Balaban J connectivity index is 1.82. The molecule has 3 rings (SSSR count). The van der Waals surface area contributed by atoms with Crippen LogP contribution in [0.1, 0.15) is 28.4 Å². The van der Waals surface area contributed by atoms with E-state index in [-0.39, 0.29) is 6.04 Å². The number of rotatable bonds is 2. The van der Waals surface area contributed by atoms with Crippen molar-refractivity contribution >= 4 is 5.69 Å². The van der Waals surface area contributed by atoms with Crippen molar-refractivity contribution in [3.63, 3.8) is 0 Å². The summed E-state index contributed by atoms with van der Waals surface area (Å²) in [7, 11) is 0. The molecule has 2 aromatic carbocycles. The second-order valence-corrected chi connectivity index (χ2v) is 5.40. The topological polar surface area (TPSA) is 32.3 Å². The van der Waals surface area contributed by atoms with Crippen molar-refractivity contribution in [3.05, 3.63) is 64.7 Å². The maximum absolute atomic E-state index is 10.5. The minimum atomic E-state index is -0.466. The van der Waals surface area contributed by atoms with E-state index < -0.39 is 6.10 Å². The molecule has 1 aliphatic rings. The molecule has 0 radical (unpaired) electrons. The molecule has 0 spiro atoms. The highest BCUT2D eigenvalue weighted by Crippen LogP contribution is 2.32. The standard InChI is InChI=1S/C17H19NO/c1-11-7-8-14(9-12(11)2)17(19)16-10-13-5-3-4-6-15(13)18-16/h3-9,16-19H,10H2,1-2H3. The fourth-order valence-corrected chi connectivity index (χ4v) is 2.70. The van der Waals surface area contributed by atoms with Crippen LogP contribution in [0.4, 0.5) is 5.69 Å². The number of hydrogen-bond acceptors (Lipinski definition) is 2. The van der Waals surface area contributed by atoms with Crippen molar-refractivity contribution in [3.8, 4) is 0 Å². The summed E-state index contributed by atoms with van der Waals surface area (Å²) in [6, 6.07) is 14.5. The SMILES string of the molecule is Cc1ccc(C(O)C2Cc3ccccc3N2)cc1C. The summed E-state index contributed by atoms with van der Waals surface area (Å²) in [4.78, 5) is 0. The number of aryl methyl sites for hydroxylation is 2. The summed E-state index contributed by atoms with van der Waals surface area (Å²) in [5.74, 6) is 0. The van der Waals surface area contributed by atoms with Gasteiger partial charge < -0.3 is 10.4 Å². The largest absolute Gasteiger partial charge is 0.386 e. The Morgan fingerprint density at radius 1 is 1.11 bits per heavy atom. The highest BCUT2D eigenvalue weighted by atomic mass is 16.3. The Morgan fingerprint density at radius 3 is 2.63 bits per heavy atom. The molecule has 19 heavy (non-hydrogen) atoms. The highest BCUT2D eigenvalue weighted by Gasteiger charge is 2.27. The second-order valence-electron chi connectivity index (χ2n) is 5.40. The van der Waals surface area contributed by atoms with Gasteiger partial charge in [0, 0.05) is 5.69 Å². The van der Waals surface area contributed by atoms with E-state index in [0.717, 1.165) is 17.7 Å². The average Bonchev–Trinajstić information content (AvgIpc) is 2.85. The van der Waals surface area contributed by atoms with E-state index in [1.54, 1.807) is 0 Å². The predicted molar refractivity (Wildman–Crippen MR) is 78.4 cm³/mol. The van der Waals surface area contributed by atoms with Crippen LogP contribution in [0.25, 0.3) is 0 Å². The molecule has 2 N–H and O–H groups in total. The lowest BCUT2D eigenvalue weighted by Crippen LogP contribution is -2.24. The smallest absolute Gasteiger partial charge is 0.0994 e. The van der Waals surface area contributed by atoms with Crippen molar-refractivity contribution in [1.82, 2.24) is 0 Å². The van der Waals surface area contributed by atoms with Crippen LogP contribution in [0.5, 0.6) is 0 Å². The van der Waals surface area contributed by atoms with Crippen molar-refractivity contribution in [2.75, 3.05) is 5.32 Å². The van der Waals surface area contributed by atoms with Crippen molar-refractivity contribution in [1.29, 1.82) is 0 Å². The van der Waals surface area contributed by atoms with Crippen LogP contribution in [0.15, 0.2) is 42.5 Å². The third kappa shape index (κ3) is 2.24. The summed E-state index contributed by atoms with van der Waals surface area (Å²) in [6.07, 6.45) is 0.413. The summed E-state index contributed by atoms with van der Waals surface area (Å²) in [5.41, 5.74) is 5.92. The predicted octanol–water partition coefficient (Wildman–Crippen LogP) is 3.37. The molecule has 1 aliphatic heterocycles. The molecule has 0 saturated carbocycles. The first-order chi connectivity index (χ1) is 9.15. The molecule has 0 bridgehead atoms. The zero-order valence-electron chi connectivity index (χ0n) is 11.4. The first-order valence-corrected chi connectivity index (χ1v) is 6.75. The van der Waals surface area contributed by atoms with E-state index in [2.05, 4.69) is 43.4 Å². The average molecular weight is 253 g/mol. The van der Waals surface area contributed by atoms with Gasteiger partial charge in [0.25, 0.3) is 0 Å². The minimum absolute atomic E-state index is 0.0690. The number of para-hydroxylation sites is 1. The first kappa shape index (κ1) is 12.2. The Kier molecular flexibility index (Phi) is 3.03. The third-order valence-electron chi connectivity index (χ3n) is 4.05. The number of fused-ring (bicyclic) bond motifs is 1. The number of nitrogens with one attached hydrogen (secondary N) is 1. The molecule has 0 amide bonds. The van der Waals surface area contributed by atoms with E-state index in [9.17, 15) is 5.11 Å². The lowest BCUT2D eigenvalue weighted by atomic mass is 9.96. The Bertz CT molecular complexity index is 581. The number of hydrogen-bond donors (Lipinski definition) is 2. The van der Waals surface area contributed by atoms with E-state index in [4.69, 9.17) is 0 Å². The maximum atomic E-state index is 10.5. The van der Waals surface area contributed by atoms with Gasteiger partial charge in [-0.15, -0.1) is 0 Å². The second kappa shape index (κ2) is 4.71. The van der Waals surface area contributed by atoms with Crippen molar-refractivity contribution in [2.45, 2.75) is 32.4 Å². The summed E-state index contributed by atoms with van der Waals surface area (Å²) in [5, 5.41) is 14.0. The van der Waals surface area contributed by atoms with Crippen LogP contribution >= 0.6 is 0 Å². The van der Waals surface area contributed by atoms with Crippen LogP contribution in [0, 0.1) is 13.8 Å². The fraction of sp³-hybridized carbons (Fsp3) is 0.294. The van der Waals surface area contributed by atoms with E-state index >= 15 is 0 Å². The molecule has 2 heteroatoms. The molecule has 2 atom stereocenters. The van der Waals surface area contributed by atoms with Crippen molar-refractivity contribution in [2.24, 2.45) is 0 Å². The van der Waals surface area contributed by atoms with Gasteiger partial charge in [-0.1, -0.05) is 36.4 Å². The van der Waals surface area contributed by atoms with Crippen LogP contribution in [-0.4, -0.2) is 11.1 Å². The molecule has 1 heterocycles. The zero-order chi connectivity index (χ0) is 13.4. The lowest BCUT2D eigenvalue weighted by Gasteiger charge is -2.20. The molecule has 0 aromatic heterocycles. The van der Waals surface area contributed by atoms with Gasteiger partial charge in [0.15, 0.2) is 0 Å². The van der Waals surface area contributed by atoms with Gasteiger partial charge in [0.2, 0.25) is 0 Å². The number of aliphatic hydroxyl groups excluding tert-OH is 1. The molecule has 0 aliphatic carbocycles. The molecule has 0 saturated heterocycles. The minimum Gasteiger partial charge on any atom is -0.386 e. The quantitative estimate of drug-likeness (QED) is 0.860. The monoisotopic (exact) mass is 253 g/mol.